The Morgan fingerprint density at radius 1 is 1.29 bits per heavy atom. The van der Waals surface area contributed by atoms with Crippen molar-refractivity contribution < 1.29 is 9.47 Å². The van der Waals surface area contributed by atoms with Crippen LogP contribution in [0, 0.1) is 0 Å². The molecule has 0 radical (unpaired) electrons. The summed E-state index contributed by atoms with van der Waals surface area (Å²) in [5.74, 6) is 1.78. The molecule has 118 valence electrons. The first-order valence-corrected chi connectivity index (χ1v) is 7.81. The number of methoxy groups -OCH3 is 2. The van der Waals surface area contributed by atoms with Crippen LogP contribution in [0.25, 0.3) is 0 Å². The zero-order valence-corrected chi connectivity index (χ0v) is 13.7. The lowest BCUT2D eigenvalue weighted by Crippen LogP contribution is -2.43. The fraction of sp³-hybridized carbons (Fsp3) is 0.647. The summed E-state index contributed by atoms with van der Waals surface area (Å²) in [4.78, 5) is 2.46. The summed E-state index contributed by atoms with van der Waals surface area (Å²) in [6.45, 7) is 4.40. The molecule has 4 nitrogen and oxygen atoms in total. The molecule has 2 unspecified atom stereocenters. The summed E-state index contributed by atoms with van der Waals surface area (Å²) < 4.78 is 10.8. The van der Waals surface area contributed by atoms with E-state index in [-0.39, 0.29) is 6.04 Å². The number of nitrogens with one attached hydrogen (secondary N) is 1. The average molecular weight is 292 g/mol. The fourth-order valence-electron chi connectivity index (χ4n) is 3.00. The van der Waals surface area contributed by atoms with Crippen LogP contribution in [-0.2, 0) is 0 Å². The molecular formula is C17H28N2O2. The van der Waals surface area contributed by atoms with Crippen molar-refractivity contribution in [3.8, 4) is 11.5 Å². The molecule has 4 heteroatoms. The van der Waals surface area contributed by atoms with Gasteiger partial charge in [0.1, 0.15) is 11.5 Å². The highest BCUT2D eigenvalue weighted by atomic mass is 16.5. The molecule has 1 aliphatic heterocycles. The van der Waals surface area contributed by atoms with Crippen LogP contribution in [0.4, 0.5) is 0 Å². The van der Waals surface area contributed by atoms with Crippen LogP contribution in [-0.4, -0.2) is 45.3 Å². The predicted octanol–water partition coefficient (Wildman–Crippen LogP) is 2.84. The standard InChI is InChI=1S/C17H28N2O2/c1-13(18-12-14-7-5-6-10-19(14)2)16-11-15(20-3)8-9-17(16)21-4/h8-9,11,13-14,18H,5-7,10,12H2,1-4H3. The smallest absolute Gasteiger partial charge is 0.123 e. The van der Waals surface area contributed by atoms with Gasteiger partial charge < -0.3 is 19.7 Å². The minimum Gasteiger partial charge on any atom is -0.497 e. The van der Waals surface area contributed by atoms with E-state index < -0.39 is 0 Å². The number of likely N-dealkylation sites (tertiary alicyclic amines) is 1. The highest BCUT2D eigenvalue weighted by molar-refractivity contribution is 5.42. The molecule has 21 heavy (non-hydrogen) atoms. The largest absolute Gasteiger partial charge is 0.497 e. The van der Waals surface area contributed by atoms with Crippen LogP contribution in [0.3, 0.4) is 0 Å². The second-order valence-corrected chi connectivity index (χ2v) is 5.87. The molecule has 0 aliphatic carbocycles. The first-order valence-electron chi connectivity index (χ1n) is 7.81. The Kier molecular flexibility index (Phi) is 5.88. The highest BCUT2D eigenvalue weighted by Crippen LogP contribution is 2.29. The number of rotatable bonds is 6. The molecule has 1 fully saturated rings. The van der Waals surface area contributed by atoms with Crippen molar-refractivity contribution in [1.29, 1.82) is 0 Å². The second-order valence-electron chi connectivity index (χ2n) is 5.87. The summed E-state index contributed by atoms with van der Waals surface area (Å²) in [6.07, 6.45) is 3.95. The Labute approximate surface area is 128 Å². The minimum absolute atomic E-state index is 0.241. The van der Waals surface area contributed by atoms with Gasteiger partial charge in [-0.05, 0) is 51.6 Å². The maximum Gasteiger partial charge on any atom is 0.123 e. The van der Waals surface area contributed by atoms with Gasteiger partial charge in [0, 0.05) is 24.2 Å². The molecule has 1 aliphatic rings. The van der Waals surface area contributed by atoms with E-state index in [1.54, 1.807) is 14.2 Å². The zero-order valence-electron chi connectivity index (χ0n) is 13.7. The number of piperidine rings is 1. The van der Waals surface area contributed by atoms with Crippen LogP contribution in [0.5, 0.6) is 11.5 Å². The summed E-state index contributed by atoms with van der Waals surface area (Å²) in [6, 6.07) is 6.84. The molecule has 0 amide bonds. The lowest BCUT2D eigenvalue weighted by Gasteiger charge is -2.33. The van der Waals surface area contributed by atoms with Gasteiger partial charge in [0.05, 0.1) is 14.2 Å². The van der Waals surface area contributed by atoms with E-state index in [0.29, 0.717) is 6.04 Å². The first kappa shape index (κ1) is 16.1. The lowest BCUT2D eigenvalue weighted by atomic mass is 10.0. The molecule has 1 N–H and O–H groups in total. The van der Waals surface area contributed by atoms with Gasteiger partial charge in [-0.3, -0.25) is 0 Å². The highest BCUT2D eigenvalue weighted by Gasteiger charge is 2.20. The van der Waals surface area contributed by atoms with E-state index in [4.69, 9.17) is 9.47 Å². The van der Waals surface area contributed by atoms with Crippen LogP contribution in [0.1, 0.15) is 37.8 Å². The molecule has 0 saturated carbocycles. The van der Waals surface area contributed by atoms with Crippen LogP contribution in [0.15, 0.2) is 18.2 Å². The molecule has 1 saturated heterocycles. The maximum absolute atomic E-state index is 5.47. The van der Waals surface area contributed by atoms with E-state index in [1.807, 2.05) is 12.1 Å². The third-order valence-electron chi connectivity index (χ3n) is 4.48. The third-order valence-corrected chi connectivity index (χ3v) is 4.48. The molecule has 2 atom stereocenters. The molecule has 1 aromatic rings. The number of nitrogens with zero attached hydrogens (tertiary/aromatic N) is 1. The van der Waals surface area contributed by atoms with E-state index in [2.05, 4.69) is 30.3 Å². The molecule has 0 spiro atoms. The predicted molar refractivity (Wildman–Crippen MR) is 86.2 cm³/mol. The van der Waals surface area contributed by atoms with Gasteiger partial charge in [0.2, 0.25) is 0 Å². The summed E-state index contributed by atoms with van der Waals surface area (Å²) >= 11 is 0. The molecule has 1 aromatic carbocycles. The van der Waals surface area contributed by atoms with Gasteiger partial charge in [-0.15, -0.1) is 0 Å². The summed E-state index contributed by atoms with van der Waals surface area (Å²) in [7, 11) is 5.63. The Hall–Kier alpha value is -1.26. The summed E-state index contributed by atoms with van der Waals surface area (Å²) in [5, 5.41) is 3.65. The third kappa shape index (κ3) is 4.11. The summed E-state index contributed by atoms with van der Waals surface area (Å²) in [5.41, 5.74) is 1.15. The van der Waals surface area contributed by atoms with Gasteiger partial charge in [-0.1, -0.05) is 6.42 Å². The number of benzene rings is 1. The monoisotopic (exact) mass is 292 g/mol. The topological polar surface area (TPSA) is 33.7 Å². The number of likely N-dealkylation sites (N-methyl/N-ethyl adjacent to an activating group) is 1. The van der Waals surface area contributed by atoms with E-state index in [9.17, 15) is 0 Å². The van der Waals surface area contributed by atoms with Crippen LogP contribution < -0.4 is 14.8 Å². The first-order chi connectivity index (χ1) is 10.2. The van der Waals surface area contributed by atoms with Crippen molar-refractivity contribution in [3.05, 3.63) is 23.8 Å². The normalized spacial score (nSPS) is 21.0. The number of hydrogen-bond acceptors (Lipinski definition) is 4. The molecule has 0 bridgehead atoms. The van der Waals surface area contributed by atoms with E-state index in [1.165, 1.54) is 25.8 Å². The second kappa shape index (κ2) is 7.66. The van der Waals surface area contributed by atoms with Gasteiger partial charge in [0.15, 0.2) is 0 Å². The molecule has 2 rings (SSSR count). The van der Waals surface area contributed by atoms with Gasteiger partial charge >= 0.3 is 0 Å². The van der Waals surface area contributed by atoms with Gasteiger partial charge in [-0.25, -0.2) is 0 Å². The van der Waals surface area contributed by atoms with Crippen molar-refractivity contribution in [3.63, 3.8) is 0 Å². The van der Waals surface area contributed by atoms with E-state index in [0.717, 1.165) is 23.6 Å². The Morgan fingerprint density at radius 2 is 2.10 bits per heavy atom. The van der Waals surface area contributed by atoms with Crippen LogP contribution in [0.2, 0.25) is 0 Å². The van der Waals surface area contributed by atoms with Crippen molar-refractivity contribution in [2.24, 2.45) is 0 Å². The lowest BCUT2D eigenvalue weighted by molar-refractivity contribution is 0.178. The maximum atomic E-state index is 5.47. The van der Waals surface area contributed by atoms with Crippen molar-refractivity contribution >= 4 is 0 Å². The molecular weight excluding hydrogens is 264 g/mol. The van der Waals surface area contributed by atoms with Crippen LogP contribution >= 0.6 is 0 Å². The quantitative estimate of drug-likeness (QED) is 0.874. The van der Waals surface area contributed by atoms with Gasteiger partial charge in [0.25, 0.3) is 0 Å². The van der Waals surface area contributed by atoms with Gasteiger partial charge in [-0.2, -0.15) is 0 Å². The Bertz CT molecular complexity index is 450. The average Bonchev–Trinajstić information content (AvgIpc) is 2.53. The minimum atomic E-state index is 0.241. The number of hydrogen-bond donors (Lipinski definition) is 1. The molecule has 1 heterocycles. The number of ether oxygens (including phenoxy) is 2. The molecule has 0 aromatic heterocycles. The van der Waals surface area contributed by atoms with Crippen molar-refractivity contribution in [2.45, 2.75) is 38.3 Å². The zero-order chi connectivity index (χ0) is 15.2. The van der Waals surface area contributed by atoms with E-state index >= 15 is 0 Å². The fourth-order valence-corrected chi connectivity index (χ4v) is 3.00. The SMILES string of the molecule is COc1ccc(OC)c(C(C)NCC2CCCCN2C)c1. The van der Waals surface area contributed by atoms with Crippen molar-refractivity contribution in [1.82, 2.24) is 10.2 Å². The Balaban J connectivity index is 2.00. The Morgan fingerprint density at radius 3 is 2.76 bits per heavy atom. The van der Waals surface area contributed by atoms with Crippen molar-refractivity contribution in [2.75, 3.05) is 34.4 Å².